The average Bonchev–Trinajstić information content (AvgIpc) is 3.09. The van der Waals surface area contributed by atoms with Crippen LogP contribution in [0.15, 0.2) is 91.0 Å². The Morgan fingerprint density at radius 2 is 1.48 bits per heavy atom. The molecule has 0 saturated heterocycles. The van der Waals surface area contributed by atoms with Crippen molar-refractivity contribution in [3.63, 3.8) is 0 Å². The molecule has 0 N–H and O–H groups in total. The Bertz CT molecular complexity index is 1390. The molecule has 0 atom stereocenters. The van der Waals surface area contributed by atoms with Gasteiger partial charge in [0.1, 0.15) is 5.82 Å². The van der Waals surface area contributed by atoms with Gasteiger partial charge in [-0.2, -0.15) is 0 Å². The van der Waals surface area contributed by atoms with Crippen molar-refractivity contribution in [2.24, 2.45) is 0 Å². The van der Waals surface area contributed by atoms with Gasteiger partial charge in [0.15, 0.2) is 5.78 Å². The summed E-state index contributed by atoms with van der Waals surface area (Å²) in [6, 6.07) is 28.0. The zero-order chi connectivity index (χ0) is 20.0. The predicted molar refractivity (Wildman–Crippen MR) is 116 cm³/mol. The van der Waals surface area contributed by atoms with Crippen LogP contribution >= 0.6 is 11.6 Å². The van der Waals surface area contributed by atoms with Crippen LogP contribution in [0.25, 0.3) is 27.5 Å². The lowest BCUT2D eigenvalue weighted by Crippen LogP contribution is -2.03. The molecule has 0 bridgehead atoms. The number of halogens is 2. The highest BCUT2D eigenvalue weighted by Crippen LogP contribution is 2.33. The number of ketones is 1. The maximum absolute atomic E-state index is 13.8. The van der Waals surface area contributed by atoms with Crippen LogP contribution in [0.2, 0.25) is 5.02 Å². The van der Waals surface area contributed by atoms with E-state index in [1.807, 2.05) is 54.6 Å². The Balaban J connectivity index is 1.78. The fourth-order valence-electron chi connectivity index (χ4n) is 3.80. The van der Waals surface area contributed by atoms with Gasteiger partial charge in [-0.15, -0.1) is 0 Å². The van der Waals surface area contributed by atoms with Gasteiger partial charge >= 0.3 is 0 Å². The second kappa shape index (κ2) is 6.87. The first-order valence-electron chi connectivity index (χ1n) is 9.22. The van der Waals surface area contributed by atoms with Crippen LogP contribution < -0.4 is 0 Å². The van der Waals surface area contributed by atoms with Crippen LogP contribution in [-0.4, -0.2) is 10.4 Å². The predicted octanol–water partition coefficient (Wildman–Crippen LogP) is 6.81. The summed E-state index contributed by atoms with van der Waals surface area (Å²) in [7, 11) is 0. The maximum atomic E-state index is 13.8. The summed E-state index contributed by atoms with van der Waals surface area (Å²) in [5.74, 6) is -0.904. The molecule has 4 aromatic carbocycles. The van der Waals surface area contributed by atoms with Crippen molar-refractivity contribution in [3.05, 3.63) is 113 Å². The molecule has 4 heteroatoms. The van der Waals surface area contributed by atoms with Crippen molar-refractivity contribution < 1.29 is 9.18 Å². The Kier molecular flexibility index (Phi) is 4.18. The summed E-state index contributed by atoms with van der Waals surface area (Å²) < 4.78 is 16.0. The summed E-state index contributed by atoms with van der Waals surface area (Å²) in [6.07, 6.45) is 0. The molecule has 0 saturated carbocycles. The third-order valence-electron chi connectivity index (χ3n) is 5.15. The molecule has 0 amide bonds. The van der Waals surface area contributed by atoms with Crippen LogP contribution in [0.1, 0.15) is 15.9 Å². The lowest BCUT2D eigenvalue weighted by molar-refractivity contribution is 0.103. The lowest BCUT2D eigenvalue weighted by Gasteiger charge is -2.09. The fourth-order valence-corrected chi connectivity index (χ4v) is 4.01. The molecule has 0 spiro atoms. The highest BCUT2D eigenvalue weighted by Gasteiger charge is 2.18. The van der Waals surface area contributed by atoms with Crippen molar-refractivity contribution in [2.45, 2.75) is 0 Å². The zero-order valence-corrected chi connectivity index (χ0v) is 16.0. The van der Waals surface area contributed by atoms with Gasteiger partial charge in [-0.1, -0.05) is 66.2 Å². The van der Waals surface area contributed by atoms with Crippen molar-refractivity contribution in [2.75, 3.05) is 0 Å². The van der Waals surface area contributed by atoms with E-state index in [0.29, 0.717) is 5.56 Å². The Morgan fingerprint density at radius 3 is 2.31 bits per heavy atom. The third kappa shape index (κ3) is 2.82. The van der Waals surface area contributed by atoms with Crippen molar-refractivity contribution in [1.29, 1.82) is 0 Å². The molecular weight excluding hydrogens is 385 g/mol. The standard InChI is InChI=1S/C25H15ClFNO/c26-24-20(10-6-11-21(24)27)25(29)16-13-14-19-18-9-4-5-12-22(18)28(23(19)15-16)17-7-2-1-3-8-17/h1-15H. The van der Waals surface area contributed by atoms with Gasteiger partial charge < -0.3 is 4.57 Å². The average molecular weight is 400 g/mol. The second-order valence-electron chi connectivity index (χ2n) is 6.85. The smallest absolute Gasteiger partial charge is 0.194 e. The van der Waals surface area contributed by atoms with Crippen LogP contribution in [-0.2, 0) is 0 Å². The van der Waals surface area contributed by atoms with Crippen molar-refractivity contribution in [1.82, 2.24) is 4.57 Å². The van der Waals surface area contributed by atoms with E-state index in [4.69, 9.17) is 11.6 Å². The Labute approximate surface area is 171 Å². The molecule has 0 aliphatic carbocycles. The Morgan fingerprint density at radius 1 is 0.759 bits per heavy atom. The minimum Gasteiger partial charge on any atom is -0.309 e. The van der Waals surface area contributed by atoms with Crippen LogP contribution in [0, 0.1) is 5.82 Å². The molecule has 5 aromatic rings. The zero-order valence-electron chi connectivity index (χ0n) is 15.3. The number of aromatic nitrogens is 1. The number of rotatable bonds is 3. The molecule has 0 unspecified atom stereocenters. The summed E-state index contributed by atoms with van der Waals surface area (Å²) in [4.78, 5) is 13.1. The van der Waals surface area contributed by atoms with Gasteiger partial charge in [0, 0.05) is 27.6 Å². The number of benzene rings is 4. The van der Waals surface area contributed by atoms with Gasteiger partial charge in [-0.25, -0.2) is 4.39 Å². The van der Waals surface area contributed by atoms with Crippen LogP contribution in [0.3, 0.4) is 0 Å². The van der Waals surface area contributed by atoms with E-state index in [2.05, 4.69) is 16.7 Å². The summed E-state index contributed by atoms with van der Waals surface area (Å²) >= 11 is 6.05. The first kappa shape index (κ1) is 17.7. The minimum atomic E-state index is -0.600. The molecule has 2 nitrogen and oxygen atoms in total. The largest absolute Gasteiger partial charge is 0.309 e. The van der Waals surface area contributed by atoms with Gasteiger partial charge in [-0.05, 0) is 36.4 Å². The second-order valence-corrected chi connectivity index (χ2v) is 7.23. The number of fused-ring (bicyclic) bond motifs is 3. The van der Waals surface area contributed by atoms with Crippen molar-refractivity contribution in [3.8, 4) is 5.69 Å². The minimum absolute atomic E-state index is 0.152. The monoisotopic (exact) mass is 399 g/mol. The molecule has 140 valence electrons. The van der Waals surface area contributed by atoms with Gasteiger partial charge in [0.05, 0.1) is 16.1 Å². The Hall–Kier alpha value is -3.43. The SMILES string of the molecule is O=C(c1ccc2c3ccccc3n(-c3ccccc3)c2c1)c1cccc(F)c1Cl. The van der Waals surface area contributed by atoms with E-state index in [1.54, 1.807) is 12.1 Å². The highest BCUT2D eigenvalue weighted by atomic mass is 35.5. The molecule has 1 heterocycles. The molecule has 5 rings (SSSR count). The lowest BCUT2D eigenvalue weighted by atomic mass is 10.0. The fraction of sp³-hybridized carbons (Fsp3) is 0. The third-order valence-corrected chi connectivity index (χ3v) is 5.53. The topological polar surface area (TPSA) is 22.0 Å². The van der Waals surface area contributed by atoms with E-state index in [9.17, 15) is 9.18 Å². The van der Waals surface area contributed by atoms with Crippen LogP contribution in [0.5, 0.6) is 0 Å². The number of hydrogen-bond donors (Lipinski definition) is 0. The number of hydrogen-bond acceptors (Lipinski definition) is 1. The van der Waals surface area contributed by atoms with E-state index in [-0.39, 0.29) is 16.4 Å². The summed E-state index contributed by atoms with van der Waals surface area (Å²) in [6.45, 7) is 0. The van der Waals surface area contributed by atoms with E-state index >= 15 is 0 Å². The van der Waals surface area contributed by atoms with Crippen LogP contribution in [0.4, 0.5) is 4.39 Å². The first-order chi connectivity index (χ1) is 14.1. The first-order valence-corrected chi connectivity index (χ1v) is 9.60. The molecule has 0 aliphatic heterocycles. The van der Waals surface area contributed by atoms with E-state index in [1.165, 1.54) is 12.1 Å². The van der Waals surface area contributed by atoms with Gasteiger partial charge in [0.25, 0.3) is 0 Å². The number of carbonyl (C=O) groups excluding carboxylic acids is 1. The normalized spacial score (nSPS) is 11.2. The molecule has 1 aromatic heterocycles. The molecular formula is C25H15ClFNO. The van der Waals surface area contributed by atoms with Crippen molar-refractivity contribution >= 4 is 39.2 Å². The van der Waals surface area contributed by atoms with Gasteiger partial charge in [-0.3, -0.25) is 4.79 Å². The molecule has 0 radical (unpaired) electrons. The number of carbonyl (C=O) groups is 1. The number of nitrogens with zero attached hydrogens (tertiary/aromatic N) is 1. The van der Waals surface area contributed by atoms with Gasteiger partial charge in [0.2, 0.25) is 0 Å². The molecule has 0 fully saturated rings. The van der Waals surface area contributed by atoms with E-state index < -0.39 is 5.82 Å². The highest BCUT2D eigenvalue weighted by molar-refractivity contribution is 6.35. The summed E-state index contributed by atoms with van der Waals surface area (Å²) in [5, 5.41) is 2.00. The molecule has 29 heavy (non-hydrogen) atoms. The maximum Gasteiger partial charge on any atom is 0.194 e. The number of para-hydroxylation sites is 2. The summed E-state index contributed by atoms with van der Waals surface area (Å²) in [5.41, 5.74) is 3.60. The quantitative estimate of drug-likeness (QED) is 0.305. The van der Waals surface area contributed by atoms with E-state index in [0.717, 1.165) is 27.5 Å². The molecule has 0 aliphatic rings.